The highest BCUT2D eigenvalue weighted by molar-refractivity contribution is 5.85. The van der Waals surface area contributed by atoms with Crippen molar-refractivity contribution in [1.29, 1.82) is 0 Å². The topological polar surface area (TPSA) is 59.1 Å². The molecule has 0 bridgehead atoms. The van der Waals surface area contributed by atoms with Gasteiger partial charge < -0.3 is 19.3 Å². The van der Waals surface area contributed by atoms with Gasteiger partial charge in [-0.2, -0.15) is 0 Å². The van der Waals surface area contributed by atoms with Crippen LogP contribution in [0.1, 0.15) is 26.7 Å². The molecule has 3 saturated heterocycles. The molecule has 3 aliphatic heterocycles. The second-order valence-electron chi connectivity index (χ2n) is 7.73. The predicted octanol–water partition coefficient (Wildman–Crippen LogP) is 2.21. The fourth-order valence-corrected chi connectivity index (χ4v) is 4.99. The minimum Gasteiger partial charge on any atom is -0.445 e. The van der Waals surface area contributed by atoms with Crippen molar-refractivity contribution in [1.82, 2.24) is 9.80 Å². The maximum Gasteiger partial charge on any atom is 0.410 e. The molecule has 0 radical (unpaired) electrons. The molecule has 3 fully saturated rings. The number of rotatable bonds is 4. The number of piperidine rings is 1. The highest BCUT2D eigenvalue weighted by Crippen LogP contribution is 2.50. The Labute approximate surface area is 149 Å². The van der Waals surface area contributed by atoms with Gasteiger partial charge in [0.1, 0.15) is 6.61 Å². The number of likely N-dealkylation sites (tertiary alicyclic amines) is 2. The van der Waals surface area contributed by atoms with E-state index in [0.717, 1.165) is 6.42 Å². The number of hydrogen-bond donors (Lipinski definition) is 0. The summed E-state index contributed by atoms with van der Waals surface area (Å²) in [7, 11) is 1.81. The SMILES string of the molecule is C=CCOC(=O)N1C[C@H](C)C[C@]2(C)O[C@H]3[C@H](C(=O)N(C)[C@@H]3CC=C)[C@H]12. The summed E-state index contributed by atoms with van der Waals surface area (Å²) in [4.78, 5) is 29.0. The van der Waals surface area contributed by atoms with E-state index in [1.807, 2.05) is 13.0 Å². The van der Waals surface area contributed by atoms with Crippen LogP contribution >= 0.6 is 0 Å². The Kier molecular flexibility index (Phi) is 4.66. The summed E-state index contributed by atoms with van der Waals surface area (Å²) in [6.07, 6.45) is 4.27. The first-order chi connectivity index (χ1) is 11.8. The number of carbonyl (C=O) groups excluding carboxylic acids is 2. The summed E-state index contributed by atoms with van der Waals surface area (Å²) >= 11 is 0. The number of amides is 2. The van der Waals surface area contributed by atoms with E-state index >= 15 is 0 Å². The average Bonchev–Trinajstić information content (AvgIpc) is 2.97. The molecule has 0 aliphatic carbocycles. The van der Waals surface area contributed by atoms with Crippen molar-refractivity contribution in [3.8, 4) is 0 Å². The van der Waals surface area contributed by atoms with Crippen molar-refractivity contribution in [2.45, 2.75) is 50.5 Å². The number of nitrogens with zero attached hydrogens (tertiary/aromatic N) is 2. The summed E-state index contributed by atoms with van der Waals surface area (Å²) in [5.74, 6) is -0.0209. The Bertz CT molecular complexity index is 592. The van der Waals surface area contributed by atoms with E-state index in [0.29, 0.717) is 13.0 Å². The van der Waals surface area contributed by atoms with Gasteiger partial charge in [-0.3, -0.25) is 4.79 Å². The molecule has 138 valence electrons. The molecule has 0 unspecified atom stereocenters. The lowest BCUT2D eigenvalue weighted by molar-refractivity contribution is -0.136. The van der Waals surface area contributed by atoms with Crippen LogP contribution in [0.2, 0.25) is 0 Å². The maximum absolute atomic E-state index is 12.9. The summed E-state index contributed by atoms with van der Waals surface area (Å²) in [6.45, 7) is 12.3. The molecular formula is C19H28N2O4. The fourth-order valence-electron chi connectivity index (χ4n) is 4.99. The molecule has 2 amide bonds. The van der Waals surface area contributed by atoms with E-state index in [4.69, 9.17) is 9.47 Å². The van der Waals surface area contributed by atoms with Gasteiger partial charge in [0.15, 0.2) is 0 Å². The van der Waals surface area contributed by atoms with Crippen LogP contribution in [0.5, 0.6) is 0 Å². The van der Waals surface area contributed by atoms with Gasteiger partial charge in [-0.15, -0.1) is 6.58 Å². The standard InChI is InChI=1S/C19H28N2O4/c1-6-8-13-15-14(17(22)20(13)5)16-19(4,25-15)10-12(3)11-21(16)18(23)24-9-7-2/h6-7,12-16H,1-2,8-11H2,3-5H3/t12-,13-,14+,15-,16+,19+/m1/s1. The van der Waals surface area contributed by atoms with Crippen LogP contribution in [-0.2, 0) is 14.3 Å². The first-order valence-electron chi connectivity index (χ1n) is 8.93. The second kappa shape index (κ2) is 6.48. The molecule has 0 saturated carbocycles. The normalized spacial score (nSPS) is 39.8. The fraction of sp³-hybridized carbons (Fsp3) is 0.684. The maximum atomic E-state index is 12.9. The first-order valence-corrected chi connectivity index (χ1v) is 8.93. The second-order valence-corrected chi connectivity index (χ2v) is 7.73. The van der Waals surface area contributed by atoms with Gasteiger partial charge >= 0.3 is 6.09 Å². The van der Waals surface area contributed by atoms with Crippen LogP contribution in [-0.4, -0.2) is 65.8 Å². The summed E-state index contributed by atoms with van der Waals surface area (Å²) in [6, 6.07) is -0.324. The minimum absolute atomic E-state index is 0.0289. The lowest BCUT2D eigenvalue weighted by atomic mass is 9.77. The van der Waals surface area contributed by atoms with Crippen LogP contribution in [0.25, 0.3) is 0 Å². The predicted molar refractivity (Wildman–Crippen MR) is 94.0 cm³/mol. The molecule has 0 N–H and O–H groups in total. The zero-order valence-electron chi connectivity index (χ0n) is 15.3. The van der Waals surface area contributed by atoms with Gasteiger partial charge in [-0.1, -0.05) is 25.7 Å². The van der Waals surface area contributed by atoms with Crippen LogP contribution in [0, 0.1) is 11.8 Å². The van der Waals surface area contributed by atoms with Crippen molar-refractivity contribution in [3.63, 3.8) is 0 Å². The highest BCUT2D eigenvalue weighted by Gasteiger charge is 2.66. The molecular weight excluding hydrogens is 320 g/mol. The smallest absolute Gasteiger partial charge is 0.410 e. The summed E-state index contributed by atoms with van der Waals surface area (Å²) < 4.78 is 11.7. The van der Waals surface area contributed by atoms with Crippen molar-refractivity contribution >= 4 is 12.0 Å². The molecule has 0 spiro atoms. The van der Waals surface area contributed by atoms with Crippen LogP contribution in [0.3, 0.4) is 0 Å². The molecule has 3 aliphatic rings. The Morgan fingerprint density at radius 1 is 1.44 bits per heavy atom. The van der Waals surface area contributed by atoms with E-state index in [2.05, 4.69) is 20.1 Å². The van der Waals surface area contributed by atoms with Crippen LogP contribution < -0.4 is 0 Å². The molecule has 25 heavy (non-hydrogen) atoms. The summed E-state index contributed by atoms with van der Waals surface area (Å²) in [5, 5.41) is 0. The third kappa shape index (κ3) is 2.76. The number of hydrogen-bond acceptors (Lipinski definition) is 4. The van der Waals surface area contributed by atoms with Crippen LogP contribution in [0.15, 0.2) is 25.3 Å². The van der Waals surface area contributed by atoms with E-state index in [9.17, 15) is 9.59 Å². The van der Waals surface area contributed by atoms with Crippen molar-refractivity contribution < 1.29 is 19.1 Å². The Morgan fingerprint density at radius 3 is 2.80 bits per heavy atom. The van der Waals surface area contributed by atoms with Gasteiger partial charge in [0, 0.05) is 13.6 Å². The van der Waals surface area contributed by atoms with Gasteiger partial charge in [0.25, 0.3) is 0 Å². The largest absolute Gasteiger partial charge is 0.445 e. The molecule has 0 aromatic heterocycles. The molecule has 0 aromatic rings. The van der Waals surface area contributed by atoms with E-state index < -0.39 is 11.7 Å². The average molecular weight is 348 g/mol. The monoisotopic (exact) mass is 348 g/mol. The third-order valence-electron chi connectivity index (χ3n) is 5.80. The van der Waals surface area contributed by atoms with E-state index in [-0.39, 0.29) is 42.5 Å². The zero-order valence-corrected chi connectivity index (χ0v) is 15.3. The molecule has 6 atom stereocenters. The van der Waals surface area contributed by atoms with E-state index in [1.165, 1.54) is 0 Å². The molecule has 3 heterocycles. The molecule has 0 aromatic carbocycles. The van der Waals surface area contributed by atoms with Crippen molar-refractivity contribution in [2.75, 3.05) is 20.2 Å². The molecule has 3 rings (SSSR count). The van der Waals surface area contributed by atoms with Gasteiger partial charge in [-0.25, -0.2) is 4.79 Å². The Balaban J connectivity index is 1.94. The van der Waals surface area contributed by atoms with E-state index in [1.54, 1.807) is 22.9 Å². The van der Waals surface area contributed by atoms with Gasteiger partial charge in [0.05, 0.1) is 29.7 Å². The number of ether oxygens (including phenoxy) is 2. The lowest BCUT2D eigenvalue weighted by Gasteiger charge is -2.46. The third-order valence-corrected chi connectivity index (χ3v) is 5.80. The van der Waals surface area contributed by atoms with Crippen LogP contribution in [0.4, 0.5) is 4.79 Å². The molecule has 6 heteroatoms. The lowest BCUT2D eigenvalue weighted by Crippen LogP contribution is -2.60. The Morgan fingerprint density at radius 2 is 2.16 bits per heavy atom. The number of fused-ring (bicyclic) bond motifs is 3. The summed E-state index contributed by atoms with van der Waals surface area (Å²) in [5.41, 5.74) is -0.531. The number of likely N-dealkylation sites (N-methyl/N-ethyl adjacent to an activating group) is 1. The first kappa shape index (κ1) is 18.0. The molecule has 6 nitrogen and oxygen atoms in total. The van der Waals surface area contributed by atoms with Gasteiger partial charge in [-0.05, 0) is 25.7 Å². The van der Waals surface area contributed by atoms with Crippen molar-refractivity contribution in [2.24, 2.45) is 11.8 Å². The quantitative estimate of drug-likeness (QED) is 0.731. The Hall–Kier alpha value is -1.82. The minimum atomic E-state index is -0.531. The number of carbonyl (C=O) groups is 2. The zero-order chi connectivity index (χ0) is 18.4. The highest BCUT2D eigenvalue weighted by atomic mass is 16.6. The van der Waals surface area contributed by atoms with Gasteiger partial charge in [0.2, 0.25) is 5.91 Å². The van der Waals surface area contributed by atoms with Crippen molar-refractivity contribution in [3.05, 3.63) is 25.3 Å².